The maximum absolute atomic E-state index is 14.4. The number of hydrogen-bond donors (Lipinski definition) is 1. The van der Waals surface area contributed by atoms with Gasteiger partial charge in [0, 0.05) is 37.4 Å². The molecule has 5 nitrogen and oxygen atoms in total. The third kappa shape index (κ3) is 3.28. The number of nitrogens with zero attached hydrogens (tertiary/aromatic N) is 1. The highest BCUT2D eigenvalue weighted by atomic mass is 19.3. The summed E-state index contributed by atoms with van der Waals surface area (Å²) in [7, 11) is 0. The number of anilines is 1. The molecule has 2 aliphatic rings. The number of alkyl halides is 2. The Morgan fingerprint density at radius 3 is 2.80 bits per heavy atom. The molecule has 1 aromatic rings. The van der Waals surface area contributed by atoms with Crippen LogP contribution >= 0.6 is 0 Å². The quantitative estimate of drug-likeness (QED) is 0.853. The molecule has 0 saturated carbocycles. The van der Waals surface area contributed by atoms with Crippen LogP contribution in [0.1, 0.15) is 23.2 Å². The van der Waals surface area contributed by atoms with Crippen LogP contribution < -0.4 is 5.32 Å². The highest BCUT2D eigenvalue weighted by Crippen LogP contribution is 2.48. The topological polar surface area (TPSA) is 58.6 Å². The van der Waals surface area contributed by atoms with Gasteiger partial charge in [0.2, 0.25) is 5.91 Å². The first-order valence-corrected chi connectivity index (χ1v) is 8.15. The van der Waals surface area contributed by atoms with E-state index in [2.05, 4.69) is 11.9 Å². The lowest BCUT2D eigenvalue weighted by molar-refractivity contribution is -0.159. The van der Waals surface area contributed by atoms with Gasteiger partial charge >= 0.3 is 0 Å². The second kappa shape index (κ2) is 6.55. The summed E-state index contributed by atoms with van der Waals surface area (Å²) in [6.45, 7) is 3.61. The van der Waals surface area contributed by atoms with Gasteiger partial charge in [-0.05, 0) is 30.7 Å². The summed E-state index contributed by atoms with van der Waals surface area (Å²) in [5.74, 6) is -3.54. The van der Waals surface area contributed by atoms with Gasteiger partial charge in [0.25, 0.3) is 11.8 Å². The second-order valence-electron chi connectivity index (χ2n) is 6.54. The van der Waals surface area contributed by atoms with E-state index < -0.39 is 11.3 Å². The summed E-state index contributed by atoms with van der Waals surface area (Å²) < 4.78 is 34.0. The molecule has 134 valence electrons. The van der Waals surface area contributed by atoms with Crippen LogP contribution in [0.5, 0.6) is 0 Å². The van der Waals surface area contributed by atoms with E-state index in [1.807, 2.05) is 0 Å². The van der Waals surface area contributed by atoms with Crippen LogP contribution in [-0.4, -0.2) is 48.9 Å². The fraction of sp³-hybridized carbons (Fsp3) is 0.444. The maximum Gasteiger partial charge on any atom is 0.259 e. The zero-order valence-electron chi connectivity index (χ0n) is 13.8. The van der Waals surface area contributed by atoms with Gasteiger partial charge in [-0.15, -0.1) is 0 Å². The number of ether oxygens (including phenoxy) is 1. The van der Waals surface area contributed by atoms with Gasteiger partial charge in [-0.2, -0.15) is 0 Å². The molecule has 1 N–H and O–H groups in total. The van der Waals surface area contributed by atoms with Crippen LogP contribution in [-0.2, 0) is 9.53 Å². The van der Waals surface area contributed by atoms with Crippen LogP contribution in [0.2, 0.25) is 0 Å². The Morgan fingerprint density at radius 2 is 2.12 bits per heavy atom. The number of amides is 2. The first kappa shape index (κ1) is 17.5. The number of piperidine rings is 1. The Kier molecular flexibility index (Phi) is 4.60. The molecule has 0 radical (unpaired) electrons. The van der Waals surface area contributed by atoms with E-state index >= 15 is 0 Å². The predicted molar refractivity (Wildman–Crippen MR) is 88.6 cm³/mol. The molecule has 7 heteroatoms. The van der Waals surface area contributed by atoms with Crippen molar-refractivity contribution in [2.24, 2.45) is 5.41 Å². The van der Waals surface area contributed by atoms with Crippen molar-refractivity contribution < 1.29 is 23.1 Å². The molecule has 0 bridgehead atoms. The average molecular weight is 350 g/mol. The molecule has 1 atom stereocenters. The summed E-state index contributed by atoms with van der Waals surface area (Å²) in [6, 6.07) is 6.43. The first-order valence-electron chi connectivity index (χ1n) is 8.15. The summed E-state index contributed by atoms with van der Waals surface area (Å²) in [4.78, 5) is 25.6. The van der Waals surface area contributed by atoms with E-state index in [1.165, 1.54) is 11.0 Å². The Bertz CT molecular complexity index is 699. The Morgan fingerprint density at radius 1 is 1.32 bits per heavy atom. The predicted octanol–water partition coefficient (Wildman–Crippen LogP) is 2.70. The molecule has 2 saturated heterocycles. The third-order valence-electron chi connectivity index (χ3n) is 4.92. The lowest BCUT2D eigenvalue weighted by Gasteiger charge is -2.45. The molecule has 2 fully saturated rings. The molecule has 2 amide bonds. The first-order chi connectivity index (χ1) is 11.9. The summed E-state index contributed by atoms with van der Waals surface area (Å²) in [6.07, 6.45) is 1.01. The van der Waals surface area contributed by atoms with Crippen molar-refractivity contribution in [2.75, 3.05) is 31.6 Å². The van der Waals surface area contributed by atoms with Crippen molar-refractivity contribution in [1.29, 1.82) is 0 Å². The number of benzene rings is 1. The monoisotopic (exact) mass is 350 g/mol. The summed E-state index contributed by atoms with van der Waals surface area (Å²) in [5, 5.41) is 2.58. The molecule has 0 aliphatic carbocycles. The largest absolute Gasteiger partial charge is 0.381 e. The SMILES string of the molecule is C=CC(=O)Nc1cccc(C(=O)N2CCC(F)(F)C3(CCOC3)C2)c1. The molecule has 1 aromatic carbocycles. The van der Waals surface area contributed by atoms with Crippen LogP contribution in [0.3, 0.4) is 0 Å². The minimum Gasteiger partial charge on any atom is -0.381 e. The zero-order chi connectivity index (χ0) is 18.1. The zero-order valence-corrected chi connectivity index (χ0v) is 13.8. The lowest BCUT2D eigenvalue weighted by atomic mass is 9.75. The van der Waals surface area contributed by atoms with E-state index in [4.69, 9.17) is 4.74 Å². The van der Waals surface area contributed by atoms with Gasteiger partial charge in [0.1, 0.15) is 0 Å². The number of nitrogens with one attached hydrogen (secondary N) is 1. The Labute approximate surface area is 144 Å². The molecule has 25 heavy (non-hydrogen) atoms. The van der Waals surface area contributed by atoms with Gasteiger partial charge in [-0.3, -0.25) is 9.59 Å². The van der Waals surface area contributed by atoms with Crippen LogP contribution in [0.25, 0.3) is 0 Å². The number of carbonyl (C=O) groups is 2. The van der Waals surface area contributed by atoms with E-state index in [9.17, 15) is 18.4 Å². The fourth-order valence-corrected chi connectivity index (χ4v) is 3.40. The van der Waals surface area contributed by atoms with Gasteiger partial charge in [0.05, 0.1) is 12.0 Å². The lowest BCUT2D eigenvalue weighted by Crippen LogP contribution is -2.57. The number of carbonyl (C=O) groups excluding carboxylic acids is 2. The molecule has 3 rings (SSSR count). The molecule has 0 aromatic heterocycles. The van der Waals surface area contributed by atoms with E-state index in [-0.39, 0.29) is 44.4 Å². The molecule has 2 aliphatic heterocycles. The molecular weight excluding hydrogens is 330 g/mol. The van der Waals surface area contributed by atoms with Gasteiger partial charge in [-0.25, -0.2) is 8.78 Å². The van der Waals surface area contributed by atoms with Gasteiger partial charge in [0.15, 0.2) is 0 Å². The number of halogens is 2. The third-order valence-corrected chi connectivity index (χ3v) is 4.92. The van der Waals surface area contributed by atoms with Crippen molar-refractivity contribution in [2.45, 2.75) is 18.8 Å². The molecule has 2 heterocycles. The van der Waals surface area contributed by atoms with Crippen molar-refractivity contribution in [3.05, 3.63) is 42.5 Å². The Hall–Kier alpha value is -2.28. The minimum atomic E-state index is -2.83. The number of hydrogen-bond acceptors (Lipinski definition) is 3. The van der Waals surface area contributed by atoms with E-state index in [0.717, 1.165) is 6.08 Å². The van der Waals surface area contributed by atoms with Crippen molar-refractivity contribution >= 4 is 17.5 Å². The number of rotatable bonds is 3. The summed E-state index contributed by atoms with van der Waals surface area (Å²) in [5.41, 5.74) is -0.492. The molecular formula is C18H20F2N2O3. The van der Waals surface area contributed by atoms with Gasteiger partial charge < -0.3 is 15.0 Å². The smallest absolute Gasteiger partial charge is 0.259 e. The normalized spacial score (nSPS) is 25.0. The highest BCUT2D eigenvalue weighted by Gasteiger charge is 2.59. The second-order valence-corrected chi connectivity index (χ2v) is 6.54. The summed E-state index contributed by atoms with van der Waals surface area (Å²) >= 11 is 0. The van der Waals surface area contributed by atoms with Crippen LogP contribution in [0, 0.1) is 5.41 Å². The van der Waals surface area contributed by atoms with E-state index in [0.29, 0.717) is 17.9 Å². The van der Waals surface area contributed by atoms with Crippen molar-refractivity contribution in [3.63, 3.8) is 0 Å². The van der Waals surface area contributed by atoms with Crippen LogP contribution in [0.15, 0.2) is 36.9 Å². The van der Waals surface area contributed by atoms with Crippen molar-refractivity contribution in [1.82, 2.24) is 4.90 Å². The van der Waals surface area contributed by atoms with Crippen molar-refractivity contribution in [3.8, 4) is 0 Å². The van der Waals surface area contributed by atoms with Crippen LogP contribution in [0.4, 0.5) is 14.5 Å². The fourth-order valence-electron chi connectivity index (χ4n) is 3.40. The highest BCUT2D eigenvalue weighted by molar-refractivity contribution is 6.00. The number of likely N-dealkylation sites (tertiary alicyclic amines) is 1. The standard InChI is InChI=1S/C18H20F2N2O3/c1-2-15(23)21-14-5-3-4-13(10-14)16(24)22-8-6-18(19,20)17(11-22)7-9-25-12-17/h2-5,10H,1,6-9,11-12H2,(H,21,23). The van der Waals surface area contributed by atoms with Gasteiger partial charge in [-0.1, -0.05) is 12.6 Å². The minimum absolute atomic E-state index is 0.00315. The average Bonchev–Trinajstić information content (AvgIpc) is 3.07. The van der Waals surface area contributed by atoms with E-state index in [1.54, 1.807) is 18.2 Å². The molecule has 1 unspecified atom stereocenters. The molecule has 1 spiro atoms. The maximum atomic E-state index is 14.4. The Balaban J connectivity index is 1.78.